The highest BCUT2D eigenvalue weighted by Crippen LogP contribution is 1.95. The van der Waals surface area contributed by atoms with Gasteiger partial charge in [0.1, 0.15) is 12.2 Å². The number of rotatable bonds is 4. The zero-order chi connectivity index (χ0) is 9.64. The van der Waals surface area contributed by atoms with Crippen molar-refractivity contribution in [1.29, 1.82) is 0 Å². The van der Waals surface area contributed by atoms with Gasteiger partial charge in [0.2, 0.25) is 0 Å². The lowest BCUT2D eigenvalue weighted by Gasteiger charge is -2.01. The number of nitrogens with one attached hydrogen (secondary N) is 2. The molecule has 0 bridgehead atoms. The van der Waals surface area contributed by atoms with Gasteiger partial charge in [-0.1, -0.05) is 0 Å². The molecular formula is C9H11N5. The molecule has 0 atom stereocenters. The van der Waals surface area contributed by atoms with E-state index in [1.807, 2.05) is 12.1 Å². The minimum atomic E-state index is 0.697. The number of aromatic nitrogens is 4. The maximum Gasteiger partial charge on any atom is 0.138 e. The standard InChI is InChI=1S/C9H11N5/c1-3-10-4-2-8(1)5-11-6-9-12-7-13-14-9/h1-4,7,11H,5-6H2,(H,12,13,14). The van der Waals surface area contributed by atoms with Crippen molar-refractivity contribution in [1.82, 2.24) is 25.5 Å². The Morgan fingerprint density at radius 2 is 2.07 bits per heavy atom. The van der Waals surface area contributed by atoms with E-state index in [1.165, 1.54) is 11.9 Å². The molecule has 0 unspecified atom stereocenters. The fourth-order valence-corrected chi connectivity index (χ4v) is 1.14. The summed E-state index contributed by atoms with van der Waals surface area (Å²) in [7, 11) is 0. The first kappa shape index (κ1) is 8.83. The highest BCUT2D eigenvalue weighted by molar-refractivity contribution is 5.09. The lowest BCUT2D eigenvalue weighted by Crippen LogP contribution is -2.13. The van der Waals surface area contributed by atoms with Crippen molar-refractivity contribution >= 4 is 0 Å². The third kappa shape index (κ3) is 2.37. The van der Waals surface area contributed by atoms with Crippen LogP contribution in [0.25, 0.3) is 0 Å². The highest BCUT2D eigenvalue weighted by Gasteiger charge is 1.94. The second-order valence-electron chi connectivity index (χ2n) is 2.89. The number of hydrogen-bond donors (Lipinski definition) is 2. The van der Waals surface area contributed by atoms with E-state index in [-0.39, 0.29) is 0 Å². The van der Waals surface area contributed by atoms with E-state index in [9.17, 15) is 0 Å². The van der Waals surface area contributed by atoms with Crippen LogP contribution in [-0.4, -0.2) is 20.2 Å². The molecule has 2 heterocycles. The van der Waals surface area contributed by atoms with Crippen molar-refractivity contribution in [3.63, 3.8) is 0 Å². The molecule has 5 nitrogen and oxygen atoms in total. The zero-order valence-corrected chi connectivity index (χ0v) is 7.64. The fraction of sp³-hybridized carbons (Fsp3) is 0.222. The summed E-state index contributed by atoms with van der Waals surface area (Å²) in [6.45, 7) is 1.51. The molecule has 0 fully saturated rings. The van der Waals surface area contributed by atoms with E-state index in [4.69, 9.17) is 0 Å². The minimum Gasteiger partial charge on any atom is -0.306 e. The Morgan fingerprint density at radius 3 is 2.79 bits per heavy atom. The van der Waals surface area contributed by atoms with E-state index in [0.29, 0.717) is 6.54 Å². The van der Waals surface area contributed by atoms with E-state index in [2.05, 4.69) is 25.5 Å². The second kappa shape index (κ2) is 4.48. The van der Waals surface area contributed by atoms with Gasteiger partial charge in [0.05, 0.1) is 6.54 Å². The Kier molecular flexibility index (Phi) is 2.82. The molecule has 0 saturated carbocycles. The summed E-state index contributed by atoms with van der Waals surface area (Å²) in [6.07, 6.45) is 5.07. The topological polar surface area (TPSA) is 66.5 Å². The maximum absolute atomic E-state index is 4.01. The molecule has 0 radical (unpaired) electrons. The lowest BCUT2D eigenvalue weighted by molar-refractivity contribution is 0.664. The van der Waals surface area contributed by atoms with Crippen molar-refractivity contribution in [2.24, 2.45) is 0 Å². The van der Waals surface area contributed by atoms with Crippen molar-refractivity contribution in [2.75, 3.05) is 0 Å². The van der Waals surface area contributed by atoms with Crippen LogP contribution in [0, 0.1) is 0 Å². The predicted octanol–water partition coefficient (Wildman–Crippen LogP) is 0.489. The molecule has 2 rings (SSSR count). The first-order valence-electron chi connectivity index (χ1n) is 4.39. The first-order chi connectivity index (χ1) is 6.95. The van der Waals surface area contributed by atoms with Gasteiger partial charge in [0.25, 0.3) is 0 Å². The Morgan fingerprint density at radius 1 is 1.21 bits per heavy atom. The van der Waals surface area contributed by atoms with Gasteiger partial charge in [0.15, 0.2) is 0 Å². The molecule has 2 aromatic rings. The molecule has 0 amide bonds. The van der Waals surface area contributed by atoms with Gasteiger partial charge in [-0.05, 0) is 17.7 Å². The largest absolute Gasteiger partial charge is 0.306 e. The molecule has 14 heavy (non-hydrogen) atoms. The molecular weight excluding hydrogens is 178 g/mol. The summed E-state index contributed by atoms with van der Waals surface area (Å²) in [4.78, 5) is 7.95. The Labute approximate surface area is 81.6 Å². The maximum atomic E-state index is 4.01. The van der Waals surface area contributed by atoms with Crippen LogP contribution in [-0.2, 0) is 13.1 Å². The van der Waals surface area contributed by atoms with Crippen molar-refractivity contribution in [3.8, 4) is 0 Å². The van der Waals surface area contributed by atoms with Crippen LogP contribution in [0.1, 0.15) is 11.4 Å². The first-order valence-corrected chi connectivity index (χ1v) is 4.39. The highest BCUT2D eigenvalue weighted by atomic mass is 15.2. The molecule has 2 aromatic heterocycles. The van der Waals surface area contributed by atoms with E-state index in [1.54, 1.807) is 12.4 Å². The zero-order valence-electron chi connectivity index (χ0n) is 7.64. The number of aromatic amines is 1. The summed E-state index contributed by atoms with van der Waals surface area (Å²) in [5, 5.41) is 9.79. The van der Waals surface area contributed by atoms with Crippen LogP contribution in [0.15, 0.2) is 30.9 Å². The summed E-state index contributed by atoms with van der Waals surface area (Å²) >= 11 is 0. The van der Waals surface area contributed by atoms with Crippen molar-refractivity contribution < 1.29 is 0 Å². The Hall–Kier alpha value is -1.75. The van der Waals surface area contributed by atoms with Gasteiger partial charge < -0.3 is 5.32 Å². The minimum absolute atomic E-state index is 0.697. The summed E-state index contributed by atoms with van der Waals surface area (Å²) in [6, 6.07) is 3.96. The number of hydrogen-bond acceptors (Lipinski definition) is 4. The van der Waals surface area contributed by atoms with Crippen LogP contribution in [0.2, 0.25) is 0 Å². The van der Waals surface area contributed by atoms with Gasteiger partial charge in [-0.2, -0.15) is 5.10 Å². The van der Waals surface area contributed by atoms with Crippen LogP contribution in [0.5, 0.6) is 0 Å². The number of H-pyrrole nitrogens is 1. The van der Waals surface area contributed by atoms with Crippen molar-refractivity contribution in [3.05, 3.63) is 42.2 Å². The quantitative estimate of drug-likeness (QED) is 0.734. The van der Waals surface area contributed by atoms with Crippen LogP contribution < -0.4 is 5.32 Å². The predicted molar refractivity (Wildman–Crippen MR) is 51.2 cm³/mol. The summed E-state index contributed by atoms with van der Waals surface area (Å²) < 4.78 is 0. The SMILES string of the molecule is c1cc(CNCc2ncn[nH]2)ccn1. The van der Waals surface area contributed by atoms with Crippen molar-refractivity contribution in [2.45, 2.75) is 13.1 Å². The molecule has 5 heteroatoms. The fourth-order valence-electron chi connectivity index (χ4n) is 1.14. The third-order valence-electron chi connectivity index (χ3n) is 1.84. The monoisotopic (exact) mass is 189 g/mol. The third-order valence-corrected chi connectivity index (χ3v) is 1.84. The molecule has 0 spiro atoms. The summed E-state index contributed by atoms with van der Waals surface area (Å²) in [5.41, 5.74) is 1.21. The molecule has 0 aliphatic heterocycles. The van der Waals surface area contributed by atoms with E-state index in [0.717, 1.165) is 12.4 Å². The second-order valence-corrected chi connectivity index (χ2v) is 2.89. The van der Waals surface area contributed by atoms with E-state index >= 15 is 0 Å². The molecule has 0 saturated heterocycles. The van der Waals surface area contributed by atoms with Crippen LogP contribution in [0.4, 0.5) is 0 Å². The molecule has 2 N–H and O–H groups in total. The van der Waals surface area contributed by atoms with Gasteiger partial charge in [0, 0.05) is 18.9 Å². The molecule has 72 valence electrons. The molecule has 0 aliphatic rings. The average molecular weight is 189 g/mol. The van der Waals surface area contributed by atoms with Gasteiger partial charge in [-0.3, -0.25) is 10.1 Å². The van der Waals surface area contributed by atoms with Crippen LogP contribution >= 0.6 is 0 Å². The van der Waals surface area contributed by atoms with Crippen LogP contribution in [0.3, 0.4) is 0 Å². The Bertz CT molecular complexity index is 356. The Balaban J connectivity index is 1.79. The molecule has 0 aliphatic carbocycles. The van der Waals surface area contributed by atoms with Gasteiger partial charge >= 0.3 is 0 Å². The number of nitrogens with zero attached hydrogens (tertiary/aromatic N) is 3. The molecule has 0 aromatic carbocycles. The lowest BCUT2D eigenvalue weighted by atomic mass is 10.3. The van der Waals surface area contributed by atoms with Gasteiger partial charge in [-0.25, -0.2) is 4.98 Å². The normalized spacial score (nSPS) is 10.3. The smallest absolute Gasteiger partial charge is 0.138 e. The number of pyridine rings is 1. The van der Waals surface area contributed by atoms with E-state index < -0.39 is 0 Å². The summed E-state index contributed by atoms with van der Waals surface area (Å²) in [5.74, 6) is 0.846. The average Bonchev–Trinajstić information content (AvgIpc) is 2.72. The van der Waals surface area contributed by atoms with Gasteiger partial charge in [-0.15, -0.1) is 0 Å².